The van der Waals surface area contributed by atoms with Gasteiger partial charge in [0.15, 0.2) is 15.7 Å². The fourth-order valence-electron chi connectivity index (χ4n) is 3.95. The number of anilines is 2. The quantitative estimate of drug-likeness (QED) is 0.496. The molecule has 1 aromatic heterocycles. The number of rotatable bonds is 7. The highest BCUT2D eigenvalue weighted by atomic mass is 32.2. The summed E-state index contributed by atoms with van der Waals surface area (Å²) >= 11 is 0. The van der Waals surface area contributed by atoms with E-state index in [4.69, 9.17) is 14.5 Å². The molecule has 0 unspecified atom stereocenters. The van der Waals surface area contributed by atoms with Gasteiger partial charge in [-0.15, -0.1) is 0 Å². The van der Waals surface area contributed by atoms with Crippen LogP contribution in [0, 0.1) is 0 Å². The highest BCUT2D eigenvalue weighted by molar-refractivity contribution is 7.90. The van der Waals surface area contributed by atoms with Gasteiger partial charge in [0.1, 0.15) is 16.5 Å². The van der Waals surface area contributed by atoms with Crippen LogP contribution in [-0.2, 0) is 20.3 Å². The maximum Gasteiger partial charge on any atom is 0.318 e. The van der Waals surface area contributed by atoms with E-state index in [9.17, 15) is 13.2 Å². The summed E-state index contributed by atoms with van der Waals surface area (Å²) in [5, 5.41) is 5.21. The number of hydrogen-bond donors (Lipinski definition) is 2. The molecule has 2 heterocycles. The van der Waals surface area contributed by atoms with Gasteiger partial charge < -0.3 is 25.0 Å². The van der Waals surface area contributed by atoms with Crippen molar-refractivity contribution in [1.82, 2.24) is 15.3 Å². The minimum Gasteiger partial charge on any atom is -0.495 e. The van der Waals surface area contributed by atoms with Crippen LogP contribution >= 0.6 is 0 Å². The highest BCUT2D eigenvalue weighted by Crippen LogP contribution is 2.29. The number of hydrogen-bond acceptors (Lipinski definition) is 8. The van der Waals surface area contributed by atoms with Gasteiger partial charge in [-0.2, -0.15) is 0 Å². The standard InChI is InChI=1S/C25H29N5O5S/c1-17-15-35-13-12-30(17)23-14-20(16-36(32,33)22-7-5-4-6-21(22)34-3)27-24(29-23)18-8-10-19(11-9-18)28-25(31)26-2/h4-11,14,17H,12-13,15-16H2,1-3H3,(H2,26,28,31)/t17-/m0/s1. The van der Waals surface area contributed by atoms with Crippen LogP contribution in [0.3, 0.4) is 0 Å². The van der Waals surface area contributed by atoms with Crippen molar-refractivity contribution >= 4 is 27.4 Å². The predicted molar refractivity (Wildman–Crippen MR) is 137 cm³/mol. The lowest BCUT2D eigenvalue weighted by Gasteiger charge is -2.34. The van der Waals surface area contributed by atoms with E-state index in [0.717, 1.165) is 0 Å². The summed E-state index contributed by atoms with van der Waals surface area (Å²) in [5.41, 5.74) is 1.67. The molecule has 3 aromatic rings. The zero-order valence-electron chi connectivity index (χ0n) is 20.4. The molecule has 1 saturated heterocycles. The Balaban J connectivity index is 1.73. The normalized spacial score (nSPS) is 15.9. The number of carbonyl (C=O) groups is 1. The lowest BCUT2D eigenvalue weighted by atomic mass is 10.2. The fraction of sp³-hybridized carbons (Fsp3) is 0.320. The number of para-hydroxylation sites is 1. The van der Waals surface area contributed by atoms with Crippen molar-refractivity contribution < 1.29 is 22.7 Å². The molecule has 0 radical (unpaired) electrons. The Hall–Kier alpha value is -3.70. The third kappa shape index (κ3) is 5.74. The van der Waals surface area contributed by atoms with Crippen LogP contribution in [0.5, 0.6) is 5.75 Å². The number of aromatic nitrogens is 2. The molecule has 2 N–H and O–H groups in total. The summed E-state index contributed by atoms with van der Waals surface area (Å²) < 4.78 is 37.5. The number of benzene rings is 2. The summed E-state index contributed by atoms with van der Waals surface area (Å²) in [7, 11) is -0.772. The second-order valence-electron chi connectivity index (χ2n) is 8.35. The van der Waals surface area contributed by atoms with Crippen LogP contribution in [0.1, 0.15) is 12.6 Å². The number of amides is 2. The first-order valence-corrected chi connectivity index (χ1v) is 13.1. The van der Waals surface area contributed by atoms with Gasteiger partial charge in [-0.05, 0) is 43.3 Å². The molecule has 1 aliphatic heterocycles. The van der Waals surface area contributed by atoms with Gasteiger partial charge in [0.2, 0.25) is 0 Å². The van der Waals surface area contributed by atoms with Crippen molar-refractivity contribution in [3.8, 4) is 17.1 Å². The molecule has 0 spiro atoms. The number of sulfone groups is 1. The Bertz CT molecular complexity index is 1330. The van der Waals surface area contributed by atoms with Crippen LogP contribution in [0.2, 0.25) is 0 Å². The molecule has 1 aliphatic rings. The Morgan fingerprint density at radius 3 is 2.61 bits per heavy atom. The fourth-order valence-corrected chi connectivity index (χ4v) is 5.38. The van der Waals surface area contributed by atoms with E-state index in [1.54, 1.807) is 48.5 Å². The second-order valence-corrected chi connectivity index (χ2v) is 10.3. The first-order chi connectivity index (χ1) is 17.3. The highest BCUT2D eigenvalue weighted by Gasteiger charge is 2.25. The Labute approximate surface area is 210 Å². The summed E-state index contributed by atoms with van der Waals surface area (Å²) in [6, 6.07) is 15.0. The molecule has 2 aromatic carbocycles. The van der Waals surface area contributed by atoms with E-state index in [0.29, 0.717) is 48.3 Å². The van der Waals surface area contributed by atoms with E-state index in [-0.39, 0.29) is 28.5 Å². The van der Waals surface area contributed by atoms with E-state index in [1.807, 2.05) is 6.92 Å². The third-order valence-electron chi connectivity index (χ3n) is 5.80. The maximum absolute atomic E-state index is 13.3. The molecule has 190 valence electrons. The van der Waals surface area contributed by atoms with Gasteiger partial charge in [0, 0.05) is 30.9 Å². The second kappa shape index (κ2) is 10.9. The van der Waals surface area contributed by atoms with Crippen molar-refractivity contribution in [2.45, 2.75) is 23.6 Å². The van der Waals surface area contributed by atoms with Crippen molar-refractivity contribution in [1.29, 1.82) is 0 Å². The van der Waals surface area contributed by atoms with Gasteiger partial charge in [-0.25, -0.2) is 23.2 Å². The molecule has 4 rings (SSSR count). The number of nitrogens with zero attached hydrogens (tertiary/aromatic N) is 3. The first-order valence-electron chi connectivity index (χ1n) is 11.5. The van der Waals surface area contributed by atoms with Crippen molar-refractivity contribution in [3.63, 3.8) is 0 Å². The minimum atomic E-state index is -3.75. The first kappa shape index (κ1) is 25.4. The average Bonchev–Trinajstić information content (AvgIpc) is 2.88. The minimum absolute atomic E-state index is 0.0688. The van der Waals surface area contributed by atoms with E-state index in [2.05, 4.69) is 20.5 Å². The summed E-state index contributed by atoms with van der Waals surface area (Å²) in [4.78, 5) is 23.2. The molecular weight excluding hydrogens is 482 g/mol. The number of methoxy groups -OCH3 is 1. The smallest absolute Gasteiger partial charge is 0.318 e. The van der Waals surface area contributed by atoms with Gasteiger partial charge in [0.25, 0.3) is 0 Å². The molecule has 10 nitrogen and oxygen atoms in total. The molecule has 1 fully saturated rings. The molecular formula is C25H29N5O5S. The van der Waals surface area contributed by atoms with Gasteiger partial charge >= 0.3 is 6.03 Å². The number of morpholine rings is 1. The van der Waals surface area contributed by atoms with Crippen molar-refractivity contribution in [2.75, 3.05) is 44.1 Å². The summed E-state index contributed by atoms with van der Waals surface area (Å²) in [5.74, 6) is 0.995. The Morgan fingerprint density at radius 1 is 1.17 bits per heavy atom. The molecule has 0 aliphatic carbocycles. The molecule has 0 bridgehead atoms. The van der Waals surface area contributed by atoms with Crippen molar-refractivity contribution in [3.05, 3.63) is 60.3 Å². The molecule has 1 atom stereocenters. The zero-order chi connectivity index (χ0) is 25.7. The monoisotopic (exact) mass is 511 g/mol. The average molecular weight is 512 g/mol. The predicted octanol–water partition coefficient (Wildman–Crippen LogP) is 3.10. The number of ether oxygens (including phenoxy) is 2. The van der Waals surface area contributed by atoms with Crippen LogP contribution in [0.25, 0.3) is 11.4 Å². The van der Waals surface area contributed by atoms with Crippen LogP contribution < -0.4 is 20.3 Å². The van der Waals surface area contributed by atoms with Gasteiger partial charge in [-0.3, -0.25) is 0 Å². The molecule has 11 heteroatoms. The van der Waals surface area contributed by atoms with Crippen LogP contribution in [0.4, 0.5) is 16.3 Å². The summed E-state index contributed by atoms with van der Waals surface area (Å²) in [6.07, 6.45) is 0. The van der Waals surface area contributed by atoms with E-state index >= 15 is 0 Å². The SMILES string of the molecule is CNC(=O)Nc1ccc(-c2nc(CS(=O)(=O)c3ccccc3OC)cc(N3CCOC[C@@H]3C)n2)cc1. The molecule has 2 amide bonds. The van der Waals surface area contributed by atoms with Crippen LogP contribution in [-0.4, -0.2) is 64.4 Å². The van der Waals surface area contributed by atoms with Gasteiger partial charge in [0.05, 0.1) is 37.8 Å². The Morgan fingerprint density at radius 2 is 1.92 bits per heavy atom. The lowest BCUT2D eigenvalue weighted by molar-refractivity contribution is 0.0985. The number of urea groups is 1. The molecule has 36 heavy (non-hydrogen) atoms. The largest absolute Gasteiger partial charge is 0.495 e. The lowest BCUT2D eigenvalue weighted by Crippen LogP contribution is -2.44. The number of nitrogens with one attached hydrogen (secondary N) is 2. The topological polar surface area (TPSA) is 123 Å². The zero-order valence-corrected chi connectivity index (χ0v) is 21.2. The molecule has 0 saturated carbocycles. The van der Waals surface area contributed by atoms with Gasteiger partial charge in [-0.1, -0.05) is 12.1 Å². The van der Waals surface area contributed by atoms with E-state index in [1.165, 1.54) is 20.2 Å². The maximum atomic E-state index is 13.3. The Kier molecular flexibility index (Phi) is 7.70. The van der Waals surface area contributed by atoms with Crippen molar-refractivity contribution in [2.24, 2.45) is 0 Å². The van der Waals surface area contributed by atoms with Crippen LogP contribution in [0.15, 0.2) is 59.5 Å². The third-order valence-corrected chi connectivity index (χ3v) is 7.48. The van der Waals surface area contributed by atoms with E-state index < -0.39 is 9.84 Å². The summed E-state index contributed by atoms with van der Waals surface area (Å²) in [6.45, 7) is 3.77. The number of carbonyl (C=O) groups excluding carboxylic acids is 1.